The number of quaternary nitrogens is 1. The molecule has 0 bridgehead atoms. The van der Waals surface area contributed by atoms with Crippen molar-refractivity contribution in [1.29, 1.82) is 0 Å². The highest BCUT2D eigenvalue weighted by Crippen LogP contribution is 2.29. The fourth-order valence-electron chi connectivity index (χ4n) is 3.20. The molecule has 1 saturated heterocycles. The maximum absolute atomic E-state index is 12.4. The van der Waals surface area contributed by atoms with Crippen molar-refractivity contribution in [2.45, 2.75) is 13.8 Å². The van der Waals surface area contributed by atoms with Crippen LogP contribution in [0.1, 0.15) is 22.8 Å². The van der Waals surface area contributed by atoms with E-state index >= 15 is 0 Å². The summed E-state index contributed by atoms with van der Waals surface area (Å²) in [5.74, 6) is -0.198. The summed E-state index contributed by atoms with van der Waals surface area (Å²) in [4.78, 5) is 16.4. The highest BCUT2D eigenvalue weighted by Gasteiger charge is 2.20. The fraction of sp³-hybridized carbons (Fsp3) is 0.350. The number of hydrogen-bond donors (Lipinski definition) is 2. The first-order valence-electron chi connectivity index (χ1n) is 8.93. The van der Waals surface area contributed by atoms with E-state index in [9.17, 15) is 4.79 Å². The Kier molecular flexibility index (Phi) is 6.07. The lowest BCUT2D eigenvalue weighted by atomic mass is 10.1. The zero-order chi connectivity index (χ0) is 18.7. The van der Waals surface area contributed by atoms with Crippen LogP contribution in [0.2, 0.25) is 10.0 Å². The van der Waals surface area contributed by atoms with Crippen LogP contribution in [0.4, 0.5) is 11.4 Å². The smallest absolute Gasteiger partial charge is 0.255 e. The van der Waals surface area contributed by atoms with Gasteiger partial charge in [-0.15, -0.1) is 0 Å². The van der Waals surface area contributed by atoms with Gasteiger partial charge in [-0.25, -0.2) is 0 Å². The molecule has 26 heavy (non-hydrogen) atoms. The minimum absolute atomic E-state index is 0.198. The van der Waals surface area contributed by atoms with Crippen molar-refractivity contribution in [3.63, 3.8) is 0 Å². The number of carbonyl (C=O) groups is 1. The second-order valence-electron chi connectivity index (χ2n) is 6.67. The number of rotatable bonds is 4. The minimum atomic E-state index is -0.198. The molecule has 1 aliphatic rings. The quantitative estimate of drug-likeness (QED) is 0.837. The molecular weight excluding hydrogens is 369 g/mol. The third-order valence-electron chi connectivity index (χ3n) is 4.95. The summed E-state index contributed by atoms with van der Waals surface area (Å²) in [6, 6.07) is 11.0. The number of carbonyl (C=O) groups excluding carboxylic acids is 1. The molecule has 2 N–H and O–H groups in total. The van der Waals surface area contributed by atoms with Crippen molar-refractivity contribution < 1.29 is 9.69 Å². The molecule has 1 aliphatic heterocycles. The molecule has 1 fully saturated rings. The van der Waals surface area contributed by atoms with Crippen molar-refractivity contribution in [2.24, 2.45) is 0 Å². The highest BCUT2D eigenvalue weighted by atomic mass is 35.5. The lowest BCUT2D eigenvalue weighted by Gasteiger charge is -2.33. The molecule has 0 radical (unpaired) electrons. The van der Waals surface area contributed by atoms with E-state index in [0.717, 1.165) is 44.0 Å². The van der Waals surface area contributed by atoms with Gasteiger partial charge in [0.1, 0.15) is 0 Å². The third kappa shape index (κ3) is 4.32. The molecule has 1 amide bonds. The molecule has 1 heterocycles. The van der Waals surface area contributed by atoms with Crippen LogP contribution < -0.4 is 15.1 Å². The van der Waals surface area contributed by atoms with Gasteiger partial charge in [0.15, 0.2) is 0 Å². The molecule has 0 saturated carbocycles. The Balaban J connectivity index is 1.69. The van der Waals surface area contributed by atoms with E-state index in [1.165, 1.54) is 0 Å². The summed E-state index contributed by atoms with van der Waals surface area (Å²) in [5.41, 5.74) is 3.18. The first-order chi connectivity index (χ1) is 12.5. The standard InChI is InChI=1S/C20H23Cl2N3O/c1-3-24-8-10-25(11-9-24)19-7-6-16(13-18(19)22)23-20(26)15-5-4-14(2)17(21)12-15/h4-7,12-13H,3,8-11H2,1-2H3,(H,23,26)/p+1. The van der Waals surface area contributed by atoms with Gasteiger partial charge in [-0.05, 0) is 49.7 Å². The van der Waals surface area contributed by atoms with E-state index in [2.05, 4.69) is 17.1 Å². The van der Waals surface area contributed by atoms with E-state index in [1.807, 2.05) is 31.2 Å². The maximum Gasteiger partial charge on any atom is 0.255 e. The zero-order valence-electron chi connectivity index (χ0n) is 15.1. The van der Waals surface area contributed by atoms with Gasteiger partial charge < -0.3 is 15.1 Å². The van der Waals surface area contributed by atoms with E-state index in [0.29, 0.717) is 21.3 Å². The molecule has 0 aromatic heterocycles. The second-order valence-corrected chi connectivity index (χ2v) is 7.49. The minimum Gasteiger partial charge on any atom is -0.359 e. The molecule has 4 nitrogen and oxygen atoms in total. The van der Waals surface area contributed by atoms with Crippen molar-refractivity contribution in [2.75, 3.05) is 42.9 Å². The van der Waals surface area contributed by atoms with Crippen molar-refractivity contribution in [1.82, 2.24) is 0 Å². The van der Waals surface area contributed by atoms with Crippen LogP contribution in [0.25, 0.3) is 0 Å². The monoisotopic (exact) mass is 392 g/mol. The van der Waals surface area contributed by atoms with Gasteiger partial charge in [-0.1, -0.05) is 29.3 Å². The summed E-state index contributed by atoms with van der Waals surface area (Å²) in [7, 11) is 0. The van der Waals surface area contributed by atoms with Gasteiger partial charge in [-0.2, -0.15) is 0 Å². The number of halogens is 2. The van der Waals surface area contributed by atoms with Crippen LogP contribution in [0.3, 0.4) is 0 Å². The molecule has 6 heteroatoms. The van der Waals surface area contributed by atoms with E-state index in [4.69, 9.17) is 23.2 Å². The zero-order valence-corrected chi connectivity index (χ0v) is 16.6. The topological polar surface area (TPSA) is 36.8 Å². The summed E-state index contributed by atoms with van der Waals surface area (Å²) < 4.78 is 0. The number of nitrogens with zero attached hydrogens (tertiary/aromatic N) is 1. The number of likely N-dealkylation sites (N-methyl/N-ethyl adjacent to an activating group) is 1. The lowest BCUT2D eigenvalue weighted by Crippen LogP contribution is -3.14. The number of anilines is 2. The summed E-state index contributed by atoms with van der Waals surface area (Å²) in [6.45, 7) is 9.53. The first kappa shape index (κ1) is 19.0. The molecule has 2 aromatic carbocycles. The van der Waals surface area contributed by atoms with Gasteiger partial charge in [0.25, 0.3) is 5.91 Å². The number of piperazine rings is 1. The summed E-state index contributed by atoms with van der Waals surface area (Å²) in [5, 5.41) is 4.13. The number of benzene rings is 2. The van der Waals surface area contributed by atoms with Crippen molar-refractivity contribution in [3.05, 3.63) is 57.6 Å². The van der Waals surface area contributed by atoms with Crippen LogP contribution in [0, 0.1) is 6.92 Å². The SMILES string of the molecule is CC[NH+]1CCN(c2ccc(NC(=O)c3ccc(C)c(Cl)c3)cc2Cl)CC1. The Labute approximate surface area is 164 Å². The Morgan fingerprint density at radius 2 is 1.85 bits per heavy atom. The van der Waals surface area contributed by atoms with E-state index in [1.54, 1.807) is 17.0 Å². The highest BCUT2D eigenvalue weighted by molar-refractivity contribution is 6.33. The van der Waals surface area contributed by atoms with Gasteiger partial charge in [0, 0.05) is 16.3 Å². The molecule has 0 atom stereocenters. The van der Waals surface area contributed by atoms with E-state index < -0.39 is 0 Å². The molecule has 0 unspecified atom stereocenters. The first-order valence-corrected chi connectivity index (χ1v) is 9.69. The van der Waals surface area contributed by atoms with E-state index in [-0.39, 0.29) is 5.91 Å². The second kappa shape index (κ2) is 8.30. The average molecular weight is 393 g/mol. The van der Waals surface area contributed by atoms with Crippen LogP contribution in [0.15, 0.2) is 36.4 Å². The van der Waals surface area contributed by atoms with Crippen LogP contribution in [0.5, 0.6) is 0 Å². The predicted molar refractivity (Wildman–Crippen MR) is 109 cm³/mol. The van der Waals surface area contributed by atoms with Crippen LogP contribution in [-0.4, -0.2) is 38.6 Å². The van der Waals surface area contributed by atoms with Crippen LogP contribution in [-0.2, 0) is 0 Å². The fourth-order valence-corrected chi connectivity index (χ4v) is 3.68. The molecule has 2 aromatic rings. The van der Waals surface area contributed by atoms with Gasteiger partial charge >= 0.3 is 0 Å². The molecule has 0 aliphatic carbocycles. The number of hydrogen-bond acceptors (Lipinski definition) is 2. The summed E-state index contributed by atoms with van der Waals surface area (Å²) in [6.07, 6.45) is 0. The average Bonchev–Trinajstić information content (AvgIpc) is 2.64. The Hall–Kier alpha value is -1.75. The van der Waals surface area contributed by atoms with Crippen molar-refractivity contribution in [3.8, 4) is 0 Å². The van der Waals surface area contributed by atoms with Crippen molar-refractivity contribution >= 4 is 40.5 Å². The Morgan fingerprint density at radius 3 is 2.46 bits per heavy atom. The summed E-state index contributed by atoms with van der Waals surface area (Å²) >= 11 is 12.6. The molecule has 138 valence electrons. The molecule has 3 rings (SSSR count). The van der Waals surface area contributed by atoms with Gasteiger partial charge in [-0.3, -0.25) is 4.79 Å². The Bertz CT molecular complexity index is 802. The largest absolute Gasteiger partial charge is 0.359 e. The number of nitrogens with one attached hydrogen (secondary N) is 2. The molecule has 0 spiro atoms. The number of aryl methyl sites for hydroxylation is 1. The predicted octanol–water partition coefficient (Wildman–Crippen LogP) is 3.28. The van der Waals surface area contributed by atoms with Gasteiger partial charge in [0.2, 0.25) is 0 Å². The third-order valence-corrected chi connectivity index (χ3v) is 5.66. The lowest BCUT2D eigenvalue weighted by molar-refractivity contribution is -0.898. The number of amides is 1. The van der Waals surface area contributed by atoms with Crippen LogP contribution >= 0.6 is 23.2 Å². The van der Waals surface area contributed by atoms with Gasteiger partial charge in [0.05, 0.1) is 43.4 Å². The molecular formula is C20H24Cl2N3O+. The maximum atomic E-state index is 12.4. The normalized spacial score (nSPS) is 15.2. The Morgan fingerprint density at radius 1 is 1.12 bits per heavy atom.